The Balaban J connectivity index is 3.55. The van der Waals surface area contributed by atoms with Gasteiger partial charge < -0.3 is 0 Å². The third kappa shape index (κ3) is 17.8. The van der Waals surface area contributed by atoms with Crippen molar-refractivity contribution in [2.75, 3.05) is 5.75 Å². The summed E-state index contributed by atoms with van der Waals surface area (Å²) in [7, 11) is 0. The van der Waals surface area contributed by atoms with Crippen molar-refractivity contribution in [3.63, 3.8) is 0 Å². The Bertz CT molecular complexity index is 326. The second-order valence-electron chi connectivity index (χ2n) is 6.51. The molecule has 0 spiro atoms. The highest BCUT2D eigenvalue weighted by molar-refractivity contribution is 8.00. The molecule has 0 aromatic carbocycles. The molecule has 0 fully saturated rings. The molecule has 0 aliphatic carbocycles. The van der Waals surface area contributed by atoms with Gasteiger partial charge in [0, 0.05) is 6.92 Å². The lowest BCUT2D eigenvalue weighted by Crippen LogP contribution is -2.01. The summed E-state index contributed by atoms with van der Waals surface area (Å²) in [6, 6.07) is 0. The number of carbonyl (C=O) groups excluding carboxylic acids is 1. The Morgan fingerprint density at radius 3 is 1.87 bits per heavy atom. The van der Waals surface area contributed by atoms with Gasteiger partial charge in [0.1, 0.15) is 0 Å². The molecule has 0 radical (unpaired) electrons. The molecule has 0 bridgehead atoms. The highest BCUT2D eigenvalue weighted by Gasteiger charge is 2.05. The van der Waals surface area contributed by atoms with Crippen molar-refractivity contribution < 1.29 is 4.79 Å². The highest BCUT2D eigenvalue weighted by atomic mass is 32.2. The first-order valence-corrected chi connectivity index (χ1v) is 10.9. The number of thioether (sulfide) groups is 1. The Labute approximate surface area is 149 Å². The van der Waals surface area contributed by atoms with Gasteiger partial charge in [0.25, 0.3) is 0 Å². The Hall–Kier alpha value is -0.420. The Morgan fingerprint density at radius 1 is 0.826 bits per heavy atom. The fourth-order valence-corrected chi connectivity index (χ4v) is 3.71. The van der Waals surface area contributed by atoms with Crippen molar-refractivity contribution in [2.24, 2.45) is 0 Å². The molecule has 0 heterocycles. The molecule has 134 valence electrons. The van der Waals surface area contributed by atoms with Crippen LogP contribution in [0.1, 0.15) is 104 Å². The first kappa shape index (κ1) is 22.6. The van der Waals surface area contributed by atoms with E-state index >= 15 is 0 Å². The van der Waals surface area contributed by atoms with E-state index in [-0.39, 0.29) is 5.78 Å². The number of unbranched alkanes of at least 4 members (excludes halogenated alkanes) is 10. The first-order chi connectivity index (χ1) is 11.2. The number of ketones is 1. The molecule has 0 amide bonds. The average molecular weight is 339 g/mol. The van der Waals surface area contributed by atoms with Crippen LogP contribution in [-0.2, 0) is 4.79 Å². The highest BCUT2D eigenvalue weighted by Crippen LogP contribution is 2.19. The maximum Gasteiger partial charge on any atom is 0.202 e. The van der Waals surface area contributed by atoms with Crippen LogP contribution in [0.4, 0.5) is 0 Å². The quantitative estimate of drug-likeness (QED) is 0.186. The van der Waals surface area contributed by atoms with Crippen LogP contribution < -0.4 is 0 Å². The van der Waals surface area contributed by atoms with Gasteiger partial charge in [-0.3, -0.25) is 4.79 Å². The minimum atomic E-state index is -0.00830. The van der Waals surface area contributed by atoms with Crippen molar-refractivity contribution in [3.8, 4) is 11.8 Å². The normalized spacial score (nSPS) is 11.8. The van der Waals surface area contributed by atoms with Crippen LogP contribution in [0.25, 0.3) is 0 Å². The molecule has 1 atom stereocenters. The lowest BCUT2D eigenvalue weighted by atomic mass is 10.1. The van der Waals surface area contributed by atoms with Gasteiger partial charge in [-0.1, -0.05) is 90.4 Å². The number of hydrogen-bond donors (Lipinski definition) is 0. The van der Waals surface area contributed by atoms with Gasteiger partial charge in [-0.15, -0.1) is 11.8 Å². The zero-order valence-corrected chi connectivity index (χ0v) is 16.6. The van der Waals surface area contributed by atoms with E-state index in [1.54, 1.807) is 6.92 Å². The molecule has 0 saturated carbocycles. The summed E-state index contributed by atoms with van der Waals surface area (Å²) in [6.45, 7) is 6.04. The maximum absolute atomic E-state index is 11.0. The van der Waals surface area contributed by atoms with Crippen LogP contribution in [0, 0.1) is 11.8 Å². The molecular formula is C21H38OS. The van der Waals surface area contributed by atoms with Gasteiger partial charge in [0.2, 0.25) is 5.78 Å². The van der Waals surface area contributed by atoms with Crippen molar-refractivity contribution in [2.45, 2.75) is 109 Å². The Morgan fingerprint density at radius 2 is 1.35 bits per heavy atom. The van der Waals surface area contributed by atoms with Crippen LogP contribution in [0.15, 0.2) is 0 Å². The van der Waals surface area contributed by atoms with Gasteiger partial charge in [-0.25, -0.2) is 0 Å². The van der Waals surface area contributed by atoms with Gasteiger partial charge in [-0.05, 0) is 24.5 Å². The number of Topliss-reactive ketones (excluding diaryl/α,β-unsaturated/α-hetero) is 1. The standard InChI is InChI=1S/C21H38OS/c1-4-6-8-9-10-11-12-13-14-15-19-23-21(16-7-5-2)18-17-20(3)22/h21H,4-16,19H2,1-3H3. The summed E-state index contributed by atoms with van der Waals surface area (Å²) in [5, 5.41) is 0.359. The van der Waals surface area contributed by atoms with Gasteiger partial charge in [0.05, 0.1) is 5.25 Å². The molecule has 23 heavy (non-hydrogen) atoms. The monoisotopic (exact) mass is 338 g/mol. The summed E-state index contributed by atoms with van der Waals surface area (Å²) < 4.78 is 0. The summed E-state index contributed by atoms with van der Waals surface area (Å²) in [4.78, 5) is 11.0. The van der Waals surface area contributed by atoms with Crippen LogP contribution in [0.2, 0.25) is 0 Å². The van der Waals surface area contributed by atoms with Crippen LogP contribution in [-0.4, -0.2) is 16.8 Å². The third-order valence-electron chi connectivity index (χ3n) is 4.05. The topological polar surface area (TPSA) is 17.1 Å². The maximum atomic E-state index is 11.0. The SMILES string of the molecule is CCCCCCCCCCCCSC(C#CC(C)=O)CCCC. The van der Waals surface area contributed by atoms with Gasteiger partial charge in [0.15, 0.2) is 0 Å². The van der Waals surface area contributed by atoms with E-state index < -0.39 is 0 Å². The minimum Gasteiger partial charge on any atom is -0.285 e. The lowest BCUT2D eigenvalue weighted by molar-refractivity contribution is -0.111. The Kier molecular flexibility index (Phi) is 17.6. The summed E-state index contributed by atoms with van der Waals surface area (Å²) >= 11 is 1.96. The zero-order chi connectivity index (χ0) is 17.2. The predicted octanol–water partition coefficient (Wildman–Crippen LogP) is 6.79. The average Bonchev–Trinajstić information content (AvgIpc) is 2.54. The zero-order valence-electron chi connectivity index (χ0n) is 15.8. The van der Waals surface area contributed by atoms with E-state index in [0.717, 1.165) is 6.42 Å². The fraction of sp³-hybridized carbons (Fsp3) is 0.857. The summed E-state index contributed by atoms with van der Waals surface area (Å²) in [5.74, 6) is 7.07. The molecule has 0 rings (SSSR count). The van der Waals surface area contributed by atoms with Crippen molar-refractivity contribution in [1.82, 2.24) is 0 Å². The molecular weight excluding hydrogens is 300 g/mol. The van der Waals surface area contributed by atoms with E-state index in [4.69, 9.17) is 0 Å². The van der Waals surface area contributed by atoms with Gasteiger partial charge in [-0.2, -0.15) is 0 Å². The molecule has 0 aromatic rings. The minimum absolute atomic E-state index is 0.00830. The molecule has 0 N–H and O–H groups in total. The second kappa shape index (κ2) is 17.9. The number of rotatable bonds is 15. The number of hydrogen-bond acceptors (Lipinski definition) is 2. The lowest BCUT2D eigenvalue weighted by Gasteiger charge is -2.09. The fourth-order valence-electron chi connectivity index (χ4n) is 2.58. The van der Waals surface area contributed by atoms with E-state index in [1.807, 2.05) is 11.8 Å². The second-order valence-corrected chi connectivity index (χ2v) is 7.82. The predicted molar refractivity (Wildman–Crippen MR) is 106 cm³/mol. The van der Waals surface area contributed by atoms with Crippen molar-refractivity contribution >= 4 is 17.5 Å². The smallest absolute Gasteiger partial charge is 0.202 e. The molecule has 0 saturated heterocycles. The number of carbonyl (C=O) groups is 1. The van der Waals surface area contributed by atoms with E-state index in [2.05, 4.69) is 25.7 Å². The molecule has 0 aromatic heterocycles. The molecule has 1 nitrogen and oxygen atoms in total. The molecule has 0 aliphatic heterocycles. The van der Waals surface area contributed by atoms with Crippen LogP contribution in [0.5, 0.6) is 0 Å². The van der Waals surface area contributed by atoms with Crippen molar-refractivity contribution in [1.29, 1.82) is 0 Å². The molecule has 2 heteroatoms. The van der Waals surface area contributed by atoms with Crippen LogP contribution >= 0.6 is 11.8 Å². The van der Waals surface area contributed by atoms with Crippen molar-refractivity contribution in [3.05, 3.63) is 0 Å². The van der Waals surface area contributed by atoms with E-state index in [9.17, 15) is 4.79 Å². The van der Waals surface area contributed by atoms with Crippen LogP contribution in [0.3, 0.4) is 0 Å². The van der Waals surface area contributed by atoms with Gasteiger partial charge >= 0.3 is 0 Å². The van der Waals surface area contributed by atoms with E-state index in [1.165, 1.54) is 82.8 Å². The van der Waals surface area contributed by atoms with E-state index in [0.29, 0.717) is 5.25 Å². The summed E-state index contributed by atoms with van der Waals surface area (Å²) in [5.41, 5.74) is 0. The molecule has 1 unspecified atom stereocenters. The first-order valence-electron chi connectivity index (χ1n) is 9.84. The third-order valence-corrected chi connectivity index (χ3v) is 5.33. The molecule has 0 aliphatic rings. The summed E-state index contributed by atoms with van der Waals surface area (Å²) in [6.07, 6.45) is 17.4. The largest absolute Gasteiger partial charge is 0.285 e.